The number of nitrogens with one attached hydrogen (secondary N) is 1. The largest absolute Gasteiger partial charge is 0.352 e. The van der Waals surface area contributed by atoms with Crippen molar-refractivity contribution < 1.29 is 9.59 Å². The average molecular weight is 467 g/mol. The molecule has 2 amide bonds. The van der Waals surface area contributed by atoms with Gasteiger partial charge in [-0.15, -0.1) is 11.8 Å². The number of thioether (sulfide) groups is 1. The van der Waals surface area contributed by atoms with E-state index in [9.17, 15) is 9.59 Å². The summed E-state index contributed by atoms with van der Waals surface area (Å²) in [7, 11) is 0. The van der Waals surface area contributed by atoms with Crippen molar-refractivity contribution in [3.8, 4) is 0 Å². The van der Waals surface area contributed by atoms with Crippen LogP contribution in [0.1, 0.15) is 39.2 Å². The van der Waals surface area contributed by atoms with E-state index >= 15 is 0 Å². The number of rotatable bonds is 10. The Labute approximate surface area is 193 Å². The Morgan fingerprint density at radius 1 is 0.967 bits per heavy atom. The SMILES string of the molecule is CC[C@@H](C)NC(=O)[C@@H](CC)N(Cc1ccc(Cl)cc1)C(=O)CSc1ccc(Cl)cc1. The molecule has 0 aliphatic rings. The second-order valence-electron chi connectivity index (χ2n) is 7.13. The smallest absolute Gasteiger partial charge is 0.243 e. The van der Waals surface area contributed by atoms with Crippen LogP contribution >= 0.6 is 35.0 Å². The lowest BCUT2D eigenvalue weighted by molar-refractivity contribution is -0.139. The third-order valence-electron chi connectivity index (χ3n) is 4.83. The number of amides is 2. The highest BCUT2D eigenvalue weighted by molar-refractivity contribution is 8.00. The van der Waals surface area contributed by atoms with Gasteiger partial charge in [0, 0.05) is 27.5 Å². The lowest BCUT2D eigenvalue weighted by atomic mass is 10.1. The zero-order valence-electron chi connectivity index (χ0n) is 17.5. The van der Waals surface area contributed by atoms with Crippen LogP contribution in [0.25, 0.3) is 0 Å². The lowest BCUT2D eigenvalue weighted by Gasteiger charge is -2.31. The first-order valence-corrected chi connectivity index (χ1v) is 11.8. The summed E-state index contributed by atoms with van der Waals surface area (Å²) < 4.78 is 0. The van der Waals surface area contributed by atoms with Gasteiger partial charge in [0.1, 0.15) is 6.04 Å². The van der Waals surface area contributed by atoms with Gasteiger partial charge in [0.25, 0.3) is 0 Å². The first kappa shape index (κ1) is 24.6. The molecule has 0 aliphatic heterocycles. The number of hydrogen-bond donors (Lipinski definition) is 1. The van der Waals surface area contributed by atoms with Crippen LogP contribution in [0.2, 0.25) is 10.0 Å². The molecule has 0 spiro atoms. The number of carbonyl (C=O) groups is 2. The fourth-order valence-corrected chi connectivity index (χ4v) is 3.94. The minimum Gasteiger partial charge on any atom is -0.352 e. The van der Waals surface area contributed by atoms with E-state index in [-0.39, 0.29) is 23.6 Å². The van der Waals surface area contributed by atoms with Gasteiger partial charge in [-0.25, -0.2) is 0 Å². The summed E-state index contributed by atoms with van der Waals surface area (Å²) in [5.74, 6) is 0.0317. The third kappa shape index (κ3) is 7.53. The summed E-state index contributed by atoms with van der Waals surface area (Å²) in [6.45, 7) is 6.26. The second kappa shape index (κ2) is 12.2. The first-order chi connectivity index (χ1) is 14.3. The van der Waals surface area contributed by atoms with Crippen LogP contribution < -0.4 is 5.32 Å². The Bertz CT molecular complexity index is 828. The van der Waals surface area contributed by atoms with Crippen LogP contribution in [-0.4, -0.2) is 34.6 Å². The molecule has 0 unspecified atom stereocenters. The highest BCUT2D eigenvalue weighted by atomic mass is 35.5. The predicted molar refractivity (Wildman–Crippen MR) is 126 cm³/mol. The van der Waals surface area contributed by atoms with Crippen LogP contribution in [0, 0.1) is 0 Å². The number of hydrogen-bond acceptors (Lipinski definition) is 3. The van der Waals surface area contributed by atoms with Crippen molar-refractivity contribution in [2.75, 3.05) is 5.75 Å². The fraction of sp³-hybridized carbons (Fsp3) is 0.391. The van der Waals surface area contributed by atoms with Gasteiger partial charge in [0.2, 0.25) is 11.8 Å². The Morgan fingerprint density at radius 3 is 2.07 bits per heavy atom. The van der Waals surface area contributed by atoms with Crippen molar-refractivity contribution in [3.63, 3.8) is 0 Å². The van der Waals surface area contributed by atoms with Crippen LogP contribution in [-0.2, 0) is 16.1 Å². The van der Waals surface area contributed by atoms with E-state index in [1.807, 2.05) is 45.0 Å². The van der Waals surface area contributed by atoms with Crippen molar-refractivity contribution in [2.24, 2.45) is 0 Å². The maximum Gasteiger partial charge on any atom is 0.243 e. The van der Waals surface area contributed by atoms with Crippen LogP contribution in [0.15, 0.2) is 53.4 Å². The molecule has 4 nitrogen and oxygen atoms in total. The van der Waals surface area contributed by atoms with Gasteiger partial charge in [-0.05, 0) is 61.7 Å². The molecule has 0 saturated carbocycles. The highest BCUT2D eigenvalue weighted by Gasteiger charge is 2.29. The molecule has 2 aromatic rings. The van der Waals surface area contributed by atoms with Gasteiger partial charge in [-0.2, -0.15) is 0 Å². The van der Waals surface area contributed by atoms with Gasteiger partial charge in [0.15, 0.2) is 0 Å². The monoisotopic (exact) mass is 466 g/mol. The van der Waals surface area contributed by atoms with Gasteiger partial charge >= 0.3 is 0 Å². The summed E-state index contributed by atoms with van der Waals surface area (Å²) in [4.78, 5) is 28.7. The lowest BCUT2D eigenvalue weighted by Crippen LogP contribution is -2.51. The number of carbonyl (C=O) groups excluding carboxylic acids is 2. The molecule has 7 heteroatoms. The maximum absolute atomic E-state index is 13.2. The van der Waals surface area contributed by atoms with E-state index in [4.69, 9.17) is 23.2 Å². The molecule has 30 heavy (non-hydrogen) atoms. The van der Waals surface area contributed by atoms with Gasteiger partial charge in [0.05, 0.1) is 5.75 Å². The Morgan fingerprint density at radius 2 is 1.53 bits per heavy atom. The molecule has 2 atom stereocenters. The van der Waals surface area contributed by atoms with E-state index in [1.165, 1.54) is 11.8 Å². The topological polar surface area (TPSA) is 49.4 Å². The van der Waals surface area contributed by atoms with Crippen molar-refractivity contribution >= 4 is 46.8 Å². The normalized spacial score (nSPS) is 12.8. The Hall–Kier alpha value is -1.69. The van der Waals surface area contributed by atoms with Crippen LogP contribution in [0.5, 0.6) is 0 Å². The summed E-state index contributed by atoms with van der Waals surface area (Å²) in [6.07, 6.45) is 1.37. The summed E-state index contributed by atoms with van der Waals surface area (Å²) in [5.41, 5.74) is 0.930. The quantitative estimate of drug-likeness (QED) is 0.449. The van der Waals surface area contributed by atoms with Gasteiger partial charge in [-0.3, -0.25) is 9.59 Å². The fourth-order valence-electron chi connectivity index (χ4n) is 2.91. The molecule has 0 heterocycles. The van der Waals surface area contributed by atoms with E-state index in [2.05, 4.69) is 5.32 Å². The van der Waals surface area contributed by atoms with Crippen molar-refractivity contribution in [2.45, 2.75) is 57.1 Å². The molecule has 0 aromatic heterocycles. The van der Waals surface area contributed by atoms with Crippen molar-refractivity contribution in [1.82, 2.24) is 10.2 Å². The molecular formula is C23H28Cl2N2O2S. The number of nitrogens with zero attached hydrogens (tertiary/aromatic N) is 1. The van der Waals surface area contributed by atoms with Crippen molar-refractivity contribution in [1.29, 1.82) is 0 Å². The molecular weight excluding hydrogens is 439 g/mol. The molecule has 162 valence electrons. The second-order valence-corrected chi connectivity index (χ2v) is 9.05. The molecule has 2 rings (SSSR count). The molecule has 0 aliphatic carbocycles. The minimum atomic E-state index is -0.534. The van der Waals surface area contributed by atoms with Crippen molar-refractivity contribution in [3.05, 3.63) is 64.1 Å². The van der Waals surface area contributed by atoms with Crippen LogP contribution in [0.4, 0.5) is 0 Å². The predicted octanol–water partition coefficient (Wildman–Crippen LogP) is 5.81. The summed E-state index contributed by atoms with van der Waals surface area (Å²) in [6, 6.07) is 14.2. The molecule has 0 radical (unpaired) electrons. The average Bonchev–Trinajstić information content (AvgIpc) is 2.74. The van der Waals surface area contributed by atoms with E-state index in [0.717, 1.165) is 16.9 Å². The zero-order valence-corrected chi connectivity index (χ0v) is 19.9. The first-order valence-electron chi connectivity index (χ1n) is 10.1. The van der Waals surface area contributed by atoms with E-state index in [0.29, 0.717) is 23.0 Å². The zero-order chi connectivity index (χ0) is 22.1. The van der Waals surface area contributed by atoms with E-state index in [1.54, 1.807) is 29.2 Å². The third-order valence-corrected chi connectivity index (χ3v) is 6.33. The molecule has 0 saturated heterocycles. The van der Waals surface area contributed by atoms with Gasteiger partial charge < -0.3 is 10.2 Å². The van der Waals surface area contributed by atoms with E-state index < -0.39 is 6.04 Å². The van der Waals surface area contributed by atoms with Crippen LogP contribution in [0.3, 0.4) is 0 Å². The molecule has 0 bridgehead atoms. The maximum atomic E-state index is 13.2. The summed E-state index contributed by atoms with van der Waals surface area (Å²) >= 11 is 13.4. The molecule has 2 aromatic carbocycles. The molecule has 0 fully saturated rings. The Balaban J connectivity index is 2.19. The minimum absolute atomic E-state index is 0.0578. The Kier molecular flexibility index (Phi) is 10.0. The standard InChI is InChI=1S/C23H28Cl2N2O2S/c1-4-16(3)26-23(29)21(5-2)27(14-17-6-8-18(24)9-7-17)22(28)15-30-20-12-10-19(25)11-13-20/h6-13,16,21H,4-5,14-15H2,1-3H3,(H,26,29)/t16-,21-/m1/s1. The molecule has 1 N–H and O–H groups in total. The summed E-state index contributed by atoms with van der Waals surface area (Å²) in [5, 5.41) is 4.31. The highest BCUT2D eigenvalue weighted by Crippen LogP contribution is 2.22. The number of halogens is 2. The van der Waals surface area contributed by atoms with Gasteiger partial charge in [-0.1, -0.05) is 49.2 Å². The number of benzene rings is 2.